The van der Waals surface area contributed by atoms with Crippen LogP contribution in [0.5, 0.6) is 0 Å². The van der Waals surface area contributed by atoms with Gasteiger partial charge < -0.3 is 39.0 Å². The molecule has 14 nitrogen and oxygen atoms in total. The van der Waals surface area contributed by atoms with E-state index in [-0.39, 0.29) is 35.7 Å². The monoisotopic (exact) mass is 790 g/mol. The van der Waals surface area contributed by atoms with E-state index in [1.807, 2.05) is 51.6 Å². The maximum Gasteiger partial charge on any atom is 0.407 e. The second-order valence-electron chi connectivity index (χ2n) is 16.1. The van der Waals surface area contributed by atoms with Crippen molar-refractivity contribution in [2.45, 2.75) is 77.5 Å². The van der Waals surface area contributed by atoms with Crippen LogP contribution in [0.4, 0.5) is 9.59 Å². The van der Waals surface area contributed by atoms with Crippen molar-refractivity contribution in [3.05, 3.63) is 72.3 Å². The summed E-state index contributed by atoms with van der Waals surface area (Å²) in [6, 6.07) is 19.2. The van der Waals surface area contributed by atoms with E-state index in [2.05, 4.69) is 80.4 Å². The molecule has 2 N–H and O–H groups in total. The molecule has 14 heteroatoms. The third-order valence-electron chi connectivity index (χ3n) is 11.8. The molecule has 2 aliphatic heterocycles. The van der Waals surface area contributed by atoms with Gasteiger partial charge in [0.25, 0.3) is 0 Å². The van der Waals surface area contributed by atoms with E-state index in [9.17, 15) is 19.2 Å². The number of carbonyl (C=O) groups excluding carboxylic acids is 4. The molecule has 2 aliphatic rings. The number of likely N-dealkylation sites (tertiary alicyclic amines) is 2. The number of aryl methyl sites for hydroxylation is 2. The maximum absolute atomic E-state index is 13.7. The predicted octanol–water partition coefficient (Wildman–Crippen LogP) is 6.88. The average Bonchev–Trinajstić information content (AvgIpc) is 4.03. The van der Waals surface area contributed by atoms with Gasteiger partial charge in [0.2, 0.25) is 11.8 Å². The fraction of sp³-hybridized carbons (Fsp3) is 0.455. The normalized spacial score (nSPS) is 18.0. The van der Waals surface area contributed by atoms with Gasteiger partial charge in [-0.1, -0.05) is 64.1 Å². The number of nitrogens with one attached hydrogen (secondary N) is 2. The van der Waals surface area contributed by atoms with Gasteiger partial charge >= 0.3 is 12.2 Å². The van der Waals surface area contributed by atoms with Crippen LogP contribution in [0.25, 0.3) is 44.3 Å². The van der Waals surface area contributed by atoms with E-state index in [0.29, 0.717) is 13.1 Å². The number of amides is 4. The third kappa shape index (κ3) is 7.59. The van der Waals surface area contributed by atoms with Gasteiger partial charge in [-0.15, -0.1) is 0 Å². The Morgan fingerprint density at radius 1 is 0.603 bits per heavy atom. The number of alkyl carbamates (subject to hydrolysis) is 2. The number of imidazole rings is 2. The number of ether oxygens (including phenoxy) is 2. The van der Waals surface area contributed by atoms with Crippen molar-refractivity contribution < 1.29 is 28.7 Å². The van der Waals surface area contributed by atoms with Crippen LogP contribution in [0, 0.1) is 11.8 Å². The lowest BCUT2D eigenvalue weighted by molar-refractivity contribution is -0.136. The Morgan fingerprint density at radius 3 is 1.31 bits per heavy atom. The Kier molecular flexibility index (Phi) is 11.5. The molecule has 2 aromatic heterocycles. The van der Waals surface area contributed by atoms with Crippen LogP contribution >= 0.6 is 0 Å². The molecule has 2 saturated heterocycles. The molecule has 0 saturated carbocycles. The Balaban J connectivity index is 1.10. The molecular formula is C44H54N8O6. The summed E-state index contributed by atoms with van der Waals surface area (Å²) in [6.07, 6.45) is 2.05. The highest BCUT2D eigenvalue weighted by Gasteiger charge is 2.39. The lowest BCUT2D eigenvalue weighted by Gasteiger charge is -2.30. The number of benzene rings is 3. The standard InChI is InChI=1S/C44H54N8O6/c1-25(2)37(47-43(55)57-7)41(53)51-21-9-11-35(51)39-45-31-23-29(17-19-33(31)49(39)5)27-13-15-28(16-14-27)30-18-20-34-32(24-30)46-40(50(34)6)36-12-10-22-52(36)42(54)38(26(3)4)48-44(56)58-8/h13-20,23-26,35-38H,9-12,21-22H2,1-8H3,(H,47,55)(H,48,56)/t35-,36-,37-,38-/m0/s1. The number of nitrogens with zero attached hydrogens (tertiary/aromatic N) is 6. The molecule has 4 heterocycles. The summed E-state index contributed by atoms with van der Waals surface area (Å²) >= 11 is 0. The molecule has 4 amide bonds. The van der Waals surface area contributed by atoms with E-state index in [0.717, 1.165) is 81.7 Å². The van der Waals surface area contributed by atoms with Crippen molar-refractivity contribution in [3.8, 4) is 22.3 Å². The van der Waals surface area contributed by atoms with Gasteiger partial charge in [0.05, 0.1) is 48.4 Å². The minimum atomic E-state index is -0.692. The fourth-order valence-electron chi connectivity index (χ4n) is 8.60. The summed E-state index contributed by atoms with van der Waals surface area (Å²) in [6.45, 7) is 8.85. The van der Waals surface area contributed by atoms with Gasteiger partial charge in [-0.3, -0.25) is 9.59 Å². The summed E-state index contributed by atoms with van der Waals surface area (Å²) in [5.41, 5.74) is 7.84. The van der Waals surface area contributed by atoms with E-state index in [4.69, 9.17) is 19.4 Å². The first-order valence-electron chi connectivity index (χ1n) is 20.1. The minimum absolute atomic E-state index is 0.109. The SMILES string of the molecule is COC(=O)N[C@H](C(=O)N1CCC[C@H]1c1nc2cc(-c3ccc(-c4ccc5c(c4)nc([C@@H]4CCCN4C(=O)[C@@H](NC(=O)OC)C(C)C)n5C)cc3)ccc2n1C)C(C)C. The second kappa shape index (κ2) is 16.5. The lowest BCUT2D eigenvalue weighted by atomic mass is 10.00. The summed E-state index contributed by atoms with van der Waals surface area (Å²) in [5, 5.41) is 5.45. The summed E-state index contributed by atoms with van der Waals surface area (Å²) < 4.78 is 13.7. The lowest BCUT2D eigenvalue weighted by Crippen LogP contribution is -2.51. The Labute approximate surface area is 338 Å². The van der Waals surface area contributed by atoms with Gasteiger partial charge in [0, 0.05) is 27.2 Å². The van der Waals surface area contributed by atoms with Crippen molar-refractivity contribution in [1.82, 2.24) is 39.5 Å². The Hall–Kier alpha value is -5.92. The van der Waals surface area contributed by atoms with Crippen LogP contribution in [-0.4, -0.2) is 92.3 Å². The first-order valence-corrected chi connectivity index (χ1v) is 20.1. The molecule has 2 fully saturated rings. The molecule has 306 valence electrons. The van der Waals surface area contributed by atoms with Crippen LogP contribution in [0.2, 0.25) is 0 Å². The number of hydrogen-bond donors (Lipinski definition) is 2. The minimum Gasteiger partial charge on any atom is -0.453 e. The molecule has 7 rings (SSSR count). The summed E-state index contributed by atoms with van der Waals surface area (Å²) in [5.74, 6) is 1.17. The zero-order chi connectivity index (χ0) is 41.4. The number of fused-ring (bicyclic) bond motifs is 2. The second-order valence-corrected chi connectivity index (χ2v) is 16.1. The molecule has 0 spiro atoms. The first-order chi connectivity index (χ1) is 27.8. The average molecular weight is 791 g/mol. The molecule has 3 aromatic carbocycles. The van der Waals surface area contributed by atoms with E-state index >= 15 is 0 Å². The molecule has 0 aliphatic carbocycles. The van der Waals surface area contributed by atoms with E-state index in [1.165, 1.54) is 14.2 Å². The van der Waals surface area contributed by atoms with Crippen molar-refractivity contribution >= 4 is 46.1 Å². The van der Waals surface area contributed by atoms with E-state index in [1.54, 1.807) is 0 Å². The van der Waals surface area contributed by atoms with Crippen LogP contribution in [-0.2, 0) is 33.2 Å². The van der Waals surface area contributed by atoms with Crippen molar-refractivity contribution in [3.63, 3.8) is 0 Å². The van der Waals surface area contributed by atoms with Crippen LogP contribution in [0.15, 0.2) is 60.7 Å². The van der Waals surface area contributed by atoms with E-state index < -0.39 is 24.3 Å². The molecule has 0 bridgehead atoms. The number of hydrogen-bond acceptors (Lipinski definition) is 8. The predicted molar refractivity (Wildman–Crippen MR) is 222 cm³/mol. The number of carbonyl (C=O) groups is 4. The fourth-order valence-corrected chi connectivity index (χ4v) is 8.60. The molecule has 0 unspecified atom stereocenters. The summed E-state index contributed by atoms with van der Waals surface area (Å²) in [7, 11) is 6.58. The third-order valence-corrected chi connectivity index (χ3v) is 11.8. The molecule has 0 radical (unpaired) electrons. The molecule has 58 heavy (non-hydrogen) atoms. The number of rotatable bonds is 10. The largest absolute Gasteiger partial charge is 0.453 e. The number of methoxy groups -OCH3 is 2. The van der Waals surface area contributed by atoms with Crippen molar-refractivity contribution in [1.29, 1.82) is 0 Å². The van der Waals surface area contributed by atoms with Gasteiger partial charge in [0.15, 0.2) is 0 Å². The van der Waals surface area contributed by atoms with Crippen LogP contribution in [0.1, 0.15) is 77.1 Å². The van der Waals surface area contributed by atoms with Gasteiger partial charge in [-0.25, -0.2) is 19.6 Å². The highest BCUT2D eigenvalue weighted by atomic mass is 16.5. The Morgan fingerprint density at radius 2 is 0.966 bits per heavy atom. The molecule has 4 atom stereocenters. The van der Waals surface area contributed by atoms with Crippen LogP contribution in [0.3, 0.4) is 0 Å². The highest BCUT2D eigenvalue weighted by molar-refractivity contribution is 5.89. The Bertz CT molecular complexity index is 2180. The highest BCUT2D eigenvalue weighted by Crippen LogP contribution is 2.37. The molecular weight excluding hydrogens is 737 g/mol. The van der Waals surface area contributed by atoms with Crippen molar-refractivity contribution in [2.75, 3.05) is 27.3 Å². The zero-order valence-corrected chi connectivity index (χ0v) is 34.6. The smallest absolute Gasteiger partial charge is 0.407 e. The first kappa shape index (κ1) is 40.3. The van der Waals surface area contributed by atoms with Gasteiger partial charge in [-0.05, 0) is 84.0 Å². The zero-order valence-electron chi connectivity index (χ0n) is 34.6. The molecule has 5 aromatic rings. The van der Waals surface area contributed by atoms with Crippen molar-refractivity contribution in [2.24, 2.45) is 25.9 Å². The summed E-state index contributed by atoms with van der Waals surface area (Å²) in [4.78, 5) is 65.4. The van der Waals surface area contributed by atoms with Gasteiger partial charge in [0.1, 0.15) is 23.7 Å². The maximum atomic E-state index is 13.7. The quantitative estimate of drug-likeness (QED) is 0.155. The topological polar surface area (TPSA) is 153 Å². The number of aromatic nitrogens is 4. The van der Waals surface area contributed by atoms with Gasteiger partial charge in [-0.2, -0.15) is 0 Å². The van der Waals surface area contributed by atoms with Crippen LogP contribution < -0.4 is 10.6 Å².